The average molecular weight is 363 g/mol. The zero-order valence-electron chi connectivity index (χ0n) is 11.2. The van der Waals surface area contributed by atoms with Crippen molar-refractivity contribution in [3.05, 3.63) is 63.6 Å². The zero-order chi connectivity index (χ0) is 14.8. The van der Waals surface area contributed by atoms with Crippen LogP contribution in [0.4, 0.5) is 5.69 Å². The lowest BCUT2D eigenvalue weighted by Crippen LogP contribution is -2.03. The maximum atomic E-state index is 12.2. The highest BCUT2D eigenvalue weighted by atomic mass is 79.9. The van der Waals surface area contributed by atoms with E-state index in [2.05, 4.69) is 21.2 Å². The van der Waals surface area contributed by atoms with Gasteiger partial charge in [0.25, 0.3) is 5.91 Å². The fourth-order valence-electron chi connectivity index (χ4n) is 2.37. The van der Waals surface area contributed by atoms with Gasteiger partial charge in [0.2, 0.25) is 0 Å². The number of benzene rings is 2. The molecule has 0 aromatic heterocycles. The molecular weight excluding hydrogens is 350 g/mol. The molecule has 0 atom stereocenters. The van der Waals surface area contributed by atoms with Crippen molar-refractivity contribution in [3.8, 4) is 0 Å². The summed E-state index contributed by atoms with van der Waals surface area (Å²) in [5.74, 6) is 0.516. The molecule has 1 amide bonds. The van der Waals surface area contributed by atoms with Gasteiger partial charge in [-0.15, -0.1) is 11.6 Å². The molecule has 2 nitrogen and oxygen atoms in total. The molecule has 1 aliphatic rings. The highest BCUT2D eigenvalue weighted by Gasteiger charge is 2.24. The van der Waals surface area contributed by atoms with Crippen LogP contribution in [0.3, 0.4) is 0 Å². The number of anilines is 1. The number of hydrogen-bond acceptors (Lipinski definition) is 1. The van der Waals surface area contributed by atoms with Gasteiger partial charge in [-0.3, -0.25) is 4.79 Å². The Hall–Kier alpha value is -1.58. The van der Waals surface area contributed by atoms with Crippen molar-refractivity contribution in [1.29, 1.82) is 0 Å². The molecule has 0 saturated heterocycles. The number of hydrogen-bond donors (Lipinski definition) is 1. The Morgan fingerprint density at radius 3 is 2.62 bits per heavy atom. The second-order valence-electron chi connectivity index (χ2n) is 4.88. The van der Waals surface area contributed by atoms with E-state index in [1.54, 1.807) is 0 Å². The Kier molecular flexibility index (Phi) is 4.13. The number of aryl methyl sites for hydroxylation is 1. The van der Waals surface area contributed by atoms with Gasteiger partial charge in [0.05, 0.1) is 0 Å². The van der Waals surface area contributed by atoms with Crippen LogP contribution in [0.1, 0.15) is 16.7 Å². The van der Waals surface area contributed by atoms with Crippen molar-refractivity contribution in [1.82, 2.24) is 0 Å². The van der Waals surface area contributed by atoms with Gasteiger partial charge in [-0.1, -0.05) is 34.1 Å². The summed E-state index contributed by atoms with van der Waals surface area (Å²) in [7, 11) is 0. The van der Waals surface area contributed by atoms with E-state index in [1.807, 2.05) is 48.5 Å². The lowest BCUT2D eigenvalue weighted by Gasteiger charge is -2.03. The number of nitrogens with one attached hydrogen (secondary N) is 1. The maximum absolute atomic E-state index is 12.2. The van der Waals surface area contributed by atoms with Gasteiger partial charge in [-0.2, -0.15) is 0 Å². The molecule has 0 saturated carbocycles. The highest BCUT2D eigenvalue weighted by molar-refractivity contribution is 9.10. The lowest BCUT2D eigenvalue weighted by molar-refractivity contribution is -0.110. The molecule has 1 heterocycles. The number of rotatable bonds is 3. The first-order chi connectivity index (χ1) is 10.2. The summed E-state index contributed by atoms with van der Waals surface area (Å²) in [6, 6.07) is 13.9. The van der Waals surface area contributed by atoms with Crippen molar-refractivity contribution >= 4 is 50.8 Å². The van der Waals surface area contributed by atoms with E-state index in [4.69, 9.17) is 11.6 Å². The molecule has 106 valence electrons. The summed E-state index contributed by atoms with van der Waals surface area (Å²) in [5, 5.41) is 2.90. The normalized spacial score (nSPS) is 15.1. The van der Waals surface area contributed by atoms with E-state index >= 15 is 0 Å². The Morgan fingerprint density at radius 2 is 1.90 bits per heavy atom. The summed E-state index contributed by atoms with van der Waals surface area (Å²) in [5.41, 5.74) is 4.65. The molecular formula is C17H13BrClNO. The van der Waals surface area contributed by atoms with Crippen molar-refractivity contribution in [2.24, 2.45) is 0 Å². The van der Waals surface area contributed by atoms with Crippen molar-refractivity contribution in [2.75, 3.05) is 11.2 Å². The van der Waals surface area contributed by atoms with Gasteiger partial charge in [0.15, 0.2) is 0 Å². The van der Waals surface area contributed by atoms with E-state index in [-0.39, 0.29) is 5.91 Å². The minimum atomic E-state index is -0.0593. The number of carbonyl (C=O) groups is 1. The molecule has 0 spiro atoms. The largest absolute Gasteiger partial charge is 0.321 e. The summed E-state index contributed by atoms with van der Waals surface area (Å²) < 4.78 is 1.02. The lowest BCUT2D eigenvalue weighted by atomic mass is 10.0. The van der Waals surface area contributed by atoms with Crippen LogP contribution in [0.15, 0.2) is 46.9 Å². The van der Waals surface area contributed by atoms with Crippen LogP contribution in [-0.4, -0.2) is 11.8 Å². The van der Waals surface area contributed by atoms with E-state index in [1.165, 1.54) is 0 Å². The predicted octanol–water partition coefficient (Wildman–Crippen LogP) is 4.72. The third kappa shape index (κ3) is 3.04. The molecule has 21 heavy (non-hydrogen) atoms. The Morgan fingerprint density at radius 1 is 1.14 bits per heavy atom. The number of halogens is 2. The number of carbonyl (C=O) groups excluding carboxylic acids is 1. The molecule has 0 radical (unpaired) electrons. The Bertz CT molecular complexity index is 722. The summed E-state index contributed by atoms with van der Waals surface area (Å²) >= 11 is 9.21. The van der Waals surface area contributed by atoms with Gasteiger partial charge in [-0.25, -0.2) is 0 Å². The van der Waals surface area contributed by atoms with Crippen LogP contribution in [0.2, 0.25) is 0 Å². The van der Waals surface area contributed by atoms with Crippen LogP contribution >= 0.6 is 27.5 Å². The van der Waals surface area contributed by atoms with Crippen LogP contribution < -0.4 is 5.32 Å². The number of alkyl halides is 1. The van der Waals surface area contributed by atoms with Crippen molar-refractivity contribution in [2.45, 2.75) is 6.42 Å². The van der Waals surface area contributed by atoms with Crippen LogP contribution in [-0.2, 0) is 11.2 Å². The second kappa shape index (κ2) is 6.04. The Balaban J connectivity index is 2.02. The first-order valence-electron chi connectivity index (χ1n) is 6.65. The van der Waals surface area contributed by atoms with Crippen molar-refractivity contribution in [3.63, 3.8) is 0 Å². The molecule has 0 unspecified atom stereocenters. The SMILES string of the molecule is O=C1Nc2ccc(CCCl)cc2C1=Cc1ccc(Br)cc1. The summed E-state index contributed by atoms with van der Waals surface area (Å²) in [6.45, 7) is 0. The highest BCUT2D eigenvalue weighted by Crippen LogP contribution is 2.34. The molecule has 1 aliphatic heterocycles. The van der Waals surface area contributed by atoms with E-state index in [0.717, 1.165) is 33.3 Å². The fourth-order valence-corrected chi connectivity index (χ4v) is 2.85. The van der Waals surface area contributed by atoms with E-state index in [0.29, 0.717) is 11.5 Å². The van der Waals surface area contributed by atoms with Gasteiger partial charge >= 0.3 is 0 Å². The zero-order valence-corrected chi connectivity index (χ0v) is 13.5. The molecule has 2 aromatic carbocycles. The molecule has 0 aliphatic carbocycles. The smallest absolute Gasteiger partial charge is 0.256 e. The van der Waals surface area contributed by atoms with Crippen LogP contribution in [0.25, 0.3) is 11.6 Å². The topological polar surface area (TPSA) is 29.1 Å². The van der Waals surface area contributed by atoms with Gasteiger partial charge in [-0.05, 0) is 47.9 Å². The molecule has 1 N–H and O–H groups in total. The monoisotopic (exact) mass is 361 g/mol. The predicted molar refractivity (Wildman–Crippen MR) is 91.5 cm³/mol. The Labute approximate surface area is 136 Å². The standard InChI is InChI=1S/C17H13BrClNO/c18-13-4-1-11(2-5-13)10-15-14-9-12(7-8-19)3-6-16(14)20-17(15)21/h1-6,9-10H,7-8H2,(H,20,21). The summed E-state index contributed by atoms with van der Waals surface area (Å²) in [4.78, 5) is 12.2. The molecule has 4 heteroatoms. The third-order valence-electron chi connectivity index (χ3n) is 3.43. The average Bonchev–Trinajstić information content (AvgIpc) is 2.78. The third-order valence-corrected chi connectivity index (χ3v) is 4.15. The van der Waals surface area contributed by atoms with E-state index < -0.39 is 0 Å². The number of amides is 1. The first kappa shape index (κ1) is 14.4. The van der Waals surface area contributed by atoms with Gasteiger partial charge in [0, 0.05) is 27.2 Å². The van der Waals surface area contributed by atoms with E-state index in [9.17, 15) is 4.79 Å². The van der Waals surface area contributed by atoms with Crippen LogP contribution in [0, 0.1) is 0 Å². The molecule has 0 fully saturated rings. The fraction of sp³-hybridized carbons (Fsp3) is 0.118. The minimum absolute atomic E-state index is 0.0593. The summed E-state index contributed by atoms with van der Waals surface area (Å²) in [6.07, 6.45) is 2.71. The van der Waals surface area contributed by atoms with Gasteiger partial charge < -0.3 is 5.32 Å². The van der Waals surface area contributed by atoms with Crippen molar-refractivity contribution < 1.29 is 4.79 Å². The quantitative estimate of drug-likeness (QED) is 0.621. The molecule has 3 rings (SSSR count). The first-order valence-corrected chi connectivity index (χ1v) is 7.98. The molecule has 2 aromatic rings. The van der Waals surface area contributed by atoms with Crippen LogP contribution in [0.5, 0.6) is 0 Å². The minimum Gasteiger partial charge on any atom is -0.321 e. The molecule has 0 bridgehead atoms. The second-order valence-corrected chi connectivity index (χ2v) is 6.18. The van der Waals surface area contributed by atoms with Gasteiger partial charge in [0.1, 0.15) is 0 Å². The maximum Gasteiger partial charge on any atom is 0.256 e. The number of fused-ring (bicyclic) bond motifs is 1.